The molecule has 0 unspecified atom stereocenters. The van der Waals surface area contributed by atoms with Gasteiger partial charge in [-0.15, -0.1) is 0 Å². The van der Waals surface area contributed by atoms with Crippen LogP contribution < -0.4 is 4.90 Å². The van der Waals surface area contributed by atoms with Gasteiger partial charge < -0.3 is 14.9 Å². The lowest BCUT2D eigenvalue weighted by Crippen LogP contribution is -2.24. The average Bonchev–Trinajstić information content (AvgIpc) is 2.37. The van der Waals surface area contributed by atoms with Crippen LogP contribution in [0, 0.1) is 10.1 Å². The van der Waals surface area contributed by atoms with Gasteiger partial charge in [0.25, 0.3) is 0 Å². The van der Waals surface area contributed by atoms with E-state index in [2.05, 4.69) is 4.98 Å². The third kappa shape index (κ3) is 4.16. The van der Waals surface area contributed by atoms with Gasteiger partial charge in [-0.2, -0.15) is 0 Å². The SMILES string of the molecule is CN(C)CCCN(C)c1cc(C(=O)O)c([N+](=O)[O-])cn1. The minimum absolute atomic E-state index is 0.348. The van der Waals surface area contributed by atoms with Crippen molar-refractivity contribution in [3.8, 4) is 0 Å². The number of rotatable bonds is 7. The maximum Gasteiger partial charge on any atom is 0.342 e. The molecule has 1 N–H and O–H groups in total. The molecule has 0 aliphatic carbocycles. The molecule has 0 aliphatic rings. The Bertz CT molecular complexity index is 504. The van der Waals surface area contributed by atoms with Crippen LogP contribution in [-0.4, -0.2) is 60.1 Å². The molecule has 20 heavy (non-hydrogen) atoms. The largest absolute Gasteiger partial charge is 0.477 e. The molecule has 110 valence electrons. The van der Waals surface area contributed by atoms with Crippen LogP contribution in [0.3, 0.4) is 0 Å². The minimum Gasteiger partial charge on any atom is -0.477 e. The van der Waals surface area contributed by atoms with Crippen LogP contribution in [-0.2, 0) is 0 Å². The number of aromatic nitrogens is 1. The first-order valence-electron chi connectivity index (χ1n) is 6.06. The summed E-state index contributed by atoms with van der Waals surface area (Å²) in [7, 11) is 5.70. The van der Waals surface area contributed by atoms with Crippen LogP contribution >= 0.6 is 0 Å². The molecule has 1 aromatic heterocycles. The van der Waals surface area contributed by atoms with Gasteiger partial charge in [0.1, 0.15) is 17.6 Å². The van der Waals surface area contributed by atoms with Gasteiger partial charge in [0.2, 0.25) is 0 Å². The van der Waals surface area contributed by atoms with Gasteiger partial charge in [0.05, 0.1) is 4.92 Å². The second kappa shape index (κ2) is 6.80. The van der Waals surface area contributed by atoms with Gasteiger partial charge in [-0.25, -0.2) is 9.78 Å². The molecule has 0 fully saturated rings. The molecule has 0 aromatic carbocycles. The molecule has 1 rings (SSSR count). The Labute approximate surface area is 116 Å². The summed E-state index contributed by atoms with van der Waals surface area (Å²) < 4.78 is 0. The molecule has 0 saturated heterocycles. The summed E-state index contributed by atoms with van der Waals surface area (Å²) in [6.07, 6.45) is 1.87. The topological polar surface area (TPSA) is 99.8 Å². The lowest BCUT2D eigenvalue weighted by Gasteiger charge is -2.19. The Morgan fingerprint density at radius 1 is 1.40 bits per heavy atom. The number of hydrogen-bond acceptors (Lipinski definition) is 6. The summed E-state index contributed by atoms with van der Waals surface area (Å²) in [5.41, 5.74) is -0.845. The molecule has 8 nitrogen and oxygen atoms in total. The van der Waals surface area contributed by atoms with Crippen molar-refractivity contribution in [3.63, 3.8) is 0 Å². The van der Waals surface area contributed by atoms with Crippen molar-refractivity contribution < 1.29 is 14.8 Å². The number of nitrogens with zero attached hydrogens (tertiary/aromatic N) is 4. The van der Waals surface area contributed by atoms with E-state index in [9.17, 15) is 14.9 Å². The zero-order valence-electron chi connectivity index (χ0n) is 11.7. The van der Waals surface area contributed by atoms with Gasteiger partial charge in [-0.05, 0) is 27.1 Å². The Morgan fingerprint density at radius 2 is 2.05 bits per heavy atom. The number of aromatic carboxylic acids is 1. The predicted octanol–water partition coefficient (Wildman–Crippen LogP) is 1.08. The standard InChI is InChI=1S/C12H18N4O4/c1-14(2)5-4-6-15(3)11-7-9(12(17)18)10(8-13-11)16(19)20/h7-8H,4-6H2,1-3H3,(H,17,18). The zero-order valence-corrected chi connectivity index (χ0v) is 11.7. The highest BCUT2D eigenvalue weighted by Gasteiger charge is 2.21. The van der Waals surface area contributed by atoms with Crippen LogP contribution in [0.5, 0.6) is 0 Å². The number of hydrogen-bond donors (Lipinski definition) is 1. The molecule has 1 heterocycles. The van der Waals surface area contributed by atoms with E-state index in [4.69, 9.17) is 5.11 Å². The Hall–Kier alpha value is -2.22. The highest BCUT2D eigenvalue weighted by molar-refractivity contribution is 5.93. The van der Waals surface area contributed by atoms with Crippen molar-refractivity contribution in [2.24, 2.45) is 0 Å². The van der Waals surface area contributed by atoms with Crippen LogP contribution in [0.1, 0.15) is 16.8 Å². The van der Waals surface area contributed by atoms with E-state index < -0.39 is 16.6 Å². The first-order valence-corrected chi connectivity index (χ1v) is 6.06. The summed E-state index contributed by atoms with van der Waals surface area (Å²) >= 11 is 0. The number of pyridine rings is 1. The van der Waals surface area contributed by atoms with Gasteiger partial charge in [-0.1, -0.05) is 0 Å². The third-order valence-electron chi connectivity index (χ3n) is 2.79. The predicted molar refractivity (Wildman–Crippen MR) is 74.3 cm³/mol. The van der Waals surface area contributed by atoms with E-state index in [0.29, 0.717) is 12.4 Å². The van der Waals surface area contributed by atoms with Crippen molar-refractivity contribution in [2.45, 2.75) is 6.42 Å². The molecular formula is C12H18N4O4. The van der Waals surface area contributed by atoms with Crippen molar-refractivity contribution in [2.75, 3.05) is 39.1 Å². The molecule has 0 saturated carbocycles. The van der Waals surface area contributed by atoms with E-state index >= 15 is 0 Å². The Kier molecular flexibility index (Phi) is 5.39. The number of carbonyl (C=O) groups is 1. The lowest BCUT2D eigenvalue weighted by atomic mass is 10.2. The fourth-order valence-electron chi connectivity index (χ4n) is 1.70. The quantitative estimate of drug-likeness (QED) is 0.590. The number of carboxylic acid groups (broad SMARTS) is 1. The number of anilines is 1. The summed E-state index contributed by atoms with van der Waals surface area (Å²) in [5, 5.41) is 19.7. The molecule has 0 aliphatic heterocycles. The van der Waals surface area contributed by atoms with Crippen LogP contribution in [0.2, 0.25) is 0 Å². The van der Waals surface area contributed by atoms with Gasteiger partial charge >= 0.3 is 11.7 Å². The number of carboxylic acids is 1. The fourth-order valence-corrected chi connectivity index (χ4v) is 1.70. The molecule has 0 amide bonds. The highest BCUT2D eigenvalue weighted by Crippen LogP contribution is 2.21. The number of nitro groups is 1. The first kappa shape index (κ1) is 15.8. The first-order chi connectivity index (χ1) is 9.32. The second-order valence-electron chi connectivity index (χ2n) is 4.70. The van der Waals surface area contributed by atoms with Crippen LogP contribution in [0.4, 0.5) is 11.5 Å². The summed E-state index contributed by atoms with van der Waals surface area (Å²) in [6.45, 7) is 1.57. The molecule has 8 heteroatoms. The molecule has 0 spiro atoms. The van der Waals surface area contributed by atoms with Gasteiger partial charge in [0, 0.05) is 19.7 Å². The lowest BCUT2D eigenvalue weighted by molar-refractivity contribution is -0.385. The summed E-state index contributed by atoms with van der Waals surface area (Å²) in [4.78, 5) is 28.8. The van der Waals surface area contributed by atoms with E-state index in [0.717, 1.165) is 19.2 Å². The van der Waals surface area contributed by atoms with Crippen LogP contribution in [0.15, 0.2) is 12.3 Å². The van der Waals surface area contributed by atoms with E-state index in [1.165, 1.54) is 6.07 Å². The van der Waals surface area contributed by atoms with Crippen LogP contribution in [0.25, 0.3) is 0 Å². The Balaban J connectivity index is 2.88. The maximum atomic E-state index is 11.0. The van der Waals surface area contributed by atoms with Crippen molar-refractivity contribution >= 4 is 17.5 Å². The molecule has 0 bridgehead atoms. The van der Waals surface area contributed by atoms with Gasteiger partial charge in [0.15, 0.2) is 0 Å². The molecule has 0 radical (unpaired) electrons. The monoisotopic (exact) mass is 282 g/mol. The third-order valence-corrected chi connectivity index (χ3v) is 2.79. The van der Waals surface area contributed by atoms with E-state index in [-0.39, 0.29) is 5.56 Å². The minimum atomic E-state index is -1.33. The highest BCUT2D eigenvalue weighted by atomic mass is 16.6. The second-order valence-corrected chi connectivity index (χ2v) is 4.70. The normalized spacial score (nSPS) is 10.6. The smallest absolute Gasteiger partial charge is 0.342 e. The van der Waals surface area contributed by atoms with E-state index in [1.807, 2.05) is 19.0 Å². The molecule has 1 aromatic rings. The summed E-state index contributed by atoms with van der Waals surface area (Å²) in [5.74, 6) is -0.922. The van der Waals surface area contributed by atoms with Gasteiger partial charge in [-0.3, -0.25) is 10.1 Å². The fraction of sp³-hybridized carbons (Fsp3) is 0.500. The summed E-state index contributed by atoms with van der Waals surface area (Å²) in [6, 6.07) is 1.23. The molecule has 0 atom stereocenters. The van der Waals surface area contributed by atoms with Crippen molar-refractivity contribution in [1.29, 1.82) is 0 Å². The van der Waals surface area contributed by atoms with E-state index in [1.54, 1.807) is 11.9 Å². The molecular weight excluding hydrogens is 264 g/mol. The van der Waals surface area contributed by atoms with Crippen molar-refractivity contribution in [1.82, 2.24) is 9.88 Å². The zero-order chi connectivity index (χ0) is 15.3. The van der Waals surface area contributed by atoms with Crippen molar-refractivity contribution in [3.05, 3.63) is 27.9 Å². The maximum absolute atomic E-state index is 11.0. The Morgan fingerprint density at radius 3 is 2.55 bits per heavy atom. The average molecular weight is 282 g/mol.